The van der Waals surface area contributed by atoms with Crippen molar-refractivity contribution in [3.05, 3.63) is 64.3 Å². The molecule has 2 N–H and O–H groups in total. The van der Waals surface area contributed by atoms with Crippen LogP contribution in [0.3, 0.4) is 0 Å². The molecule has 3 aromatic rings. The largest absolute Gasteiger partial charge is 0.328 e. The Bertz CT molecular complexity index is 967. The van der Waals surface area contributed by atoms with E-state index in [1.807, 2.05) is 24.3 Å². The first-order chi connectivity index (χ1) is 12.7. The van der Waals surface area contributed by atoms with Gasteiger partial charge in [-0.25, -0.2) is 0 Å². The van der Waals surface area contributed by atoms with E-state index >= 15 is 0 Å². The average Bonchev–Trinajstić information content (AvgIpc) is 2.91. The maximum atomic E-state index is 12.2. The van der Waals surface area contributed by atoms with E-state index in [1.54, 1.807) is 0 Å². The van der Waals surface area contributed by atoms with Gasteiger partial charge in [0.25, 0.3) is 5.91 Å². The molecule has 0 unspecified atom stereocenters. The number of hydrogen-bond acceptors (Lipinski definition) is 4. The van der Waals surface area contributed by atoms with Crippen molar-refractivity contribution in [1.82, 2.24) is 19.7 Å². The van der Waals surface area contributed by atoms with Crippen molar-refractivity contribution in [3.63, 3.8) is 0 Å². The van der Waals surface area contributed by atoms with Crippen LogP contribution in [0.2, 0.25) is 0 Å². The molecule has 7 heteroatoms. The van der Waals surface area contributed by atoms with E-state index in [2.05, 4.69) is 25.1 Å². The second-order valence-electron chi connectivity index (χ2n) is 6.38. The van der Waals surface area contributed by atoms with E-state index in [-0.39, 0.29) is 11.5 Å². The van der Waals surface area contributed by atoms with Crippen LogP contribution in [0.4, 0.5) is 5.69 Å². The van der Waals surface area contributed by atoms with E-state index in [1.165, 1.54) is 24.8 Å². The number of carbonyl (C=O) groups is 1. The molecule has 0 bridgehead atoms. The maximum absolute atomic E-state index is 12.2. The van der Waals surface area contributed by atoms with Crippen molar-refractivity contribution in [1.29, 1.82) is 0 Å². The van der Waals surface area contributed by atoms with Gasteiger partial charge < -0.3 is 14.9 Å². The first-order valence-corrected chi connectivity index (χ1v) is 8.73. The fraction of sp³-hybridized carbons (Fsp3) is 0.263. The molecular weight excluding hydrogens is 330 g/mol. The molecule has 0 radical (unpaired) electrons. The molecule has 2 aromatic heterocycles. The lowest BCUT2D eigenvalue weighted by Crippen LogP contribution is -2.14. The molecule has 0 aliphatic carbocycles. The fourth-order valence-electron chi connectivity index (χ4n) is 3.16. The molecule has 1 aliphatic heterocycles. The predicted molar refractivity (Wildman–Crippen MR) is 98.0 cm³/mol. The Morgan fingerprint density at radius 3 is 2.65 bits per heavy atom. The number of pyridine rings is 1. The van der Waals surface area contributed by atoms with E-state index < -0.39 is 0 Å². The number of hydrogen-bond donors (Lipinski definition) is 2. The zero-order chi connectivity index (χ0) is 17.9. The van der Waals surface area contributed by atoms with Gasteiger partial charge >= 0.3 is 0 Å². The molecule has 0 atom stereocenters. The molecule has 0 saturated heterocycles. The lowest BCUT2D eigenvalue weighted by atomic mass is 10.2. The topological polar surface area (TPSA) is 92.7 Å². The number of nitrogens with zero attached hydrogens (tertiary/aromatic N) is 3. The summed E-state index contributed by atoms with van der Waals surface area (Å²) in [6.45, 7) is 0.947. The molecule has 1 aliphatic rings. The summed E-state index contributed by atoms with van der Waals surface area (Å²) in [6, 6.07) is 10.4. The van der Waals surface area contributed by atoms with E-state index in [0.29, 0.717) is 11.3 Å². The van der Waals surface area contributed by atoms with Gasteiger partial charge in [0, 0.05) is 36.5 Å². The molecule has 4 rings (SSSR count). The molecule has 1 aromatic carbocycles. The SMILES string of the molecule is O=C(Nc1ccc(-c2nnc3n2CCCCC3)cc1)c1ccc(=O)[nH]c1. The number of anilines is 1. The predicted octanol–water partition coefficient (Wildman–Crippen LogP) is 2.61. The summed E-state index contributed by atoms with van der Waals surface area (Å²) in [5.41, 5.74) is 1.82. The summed E-state index contributed by atoms with van der Waals surface area (Å²) in [5.74, 6) is 1.65. The fourth-order valence-corrected chi connectivity index (χ4v) is 3.16. The molecule has 26 heavy (non-hydrogen) atoms. The Hall–Kier alpha value is -3.22. The van der Waals surface area contributed by atoms with Crippen LogP contribution in [-0.2, 0) is 13.0 Å². The minimum Gasteiger partial charge on any atom is -0.328 e. The number of aromatic amines is 1. The maximum Gasteiger partial charge on any atom is 0.257 e. The first-order valence-electron chi connectivity index (χ1n) is 8.73. The van der Waals surface area contributed by atoms with Crippen LogP contribution < -0.4 is 10.9 Å². The van der Waals surface area contributed by atoms with Crippen LogP contribution in [0.25, 0.3) is 11.4 Å². The third-order valence-electron chi connectivity index (χ3n) is 4.56. The summed E-state index contributed by atoms with van der Waals surface area (Å²) in [5, 5.41) is 11.5. The molecular formula is C19H19N5O2. The smallest absolute Gasteiger partial charge is 0.257 e. The number of aromatic nitrogens is 4. The van der Waals surface area contributed by atoms with Gasteiger partial charge in [-0.3, -0.25) is 9.59 Å². The second kappa shape index (κ2) is 6.95. The van der Waals surface area contributed by atoms with Crippen molar-refractivity contribution in [2.75, 3.05) is 5.32 Å². The number of aryl methyl sites for hydroxylation is 1. The highest BCUT2D eigenvalue weighted by molar-refractivity contribution is 6.04. The van der Waals surface area contributed by atoms with Gasteiger partial charge in [-0.05, 0) is 43.2 Å². The van der Waals surface area contributed by atoms with Gasteiger partial charge in [0.15, 0.2) is 5.82 Å². The summed E-state index contributed by atoms with van der Waals surface area (Å²) >= 11 is 0. The average molecular weight is 349 g/mol. The van der Waals surface area contributed by atoms with Crippen molar-refractivity contribution in [2.24, 2.45) is 0 Å². The first kappa shape index (κ1) is 16.3. The van der Waals surface area contributed by atoms with Crippen molar-refractivity contribution in [2.45, 2.75) is 32.2 Å². The summed E-state index contributed by atoms with van der Waals surface area (Å²) in [6.07, 6.45) is 5.90. The Balaban J connectivity index is 1.52. The number of carbonyl (C=O) groups excluding carboxylic acids is 1. The normalized spacial score (nSPS) is 13.7. The number of H-pyrrole nitrogens is 1. The van der Waals surface area contributed by atoms with E-state index in [9.17, 15) is 9.59 Å². The quantitative estimate of drug-likeness (QED) is 0.760. The lowest BCUT2D eigenvalue weighted by molar-refractivity contribution is 0.102. The number of benzene rings is 1. The monoisotopic (exact) mass is 349 g/mol. The third-order valence-corrected chi connectivity index (χ3v) is 4.56. The Kier molecular flexibility index (Phi) is 4.35. The van der Waals surface area contributed by atoms with Gasteiger partial charge in [0.05, 0.1) is 5.56 Å². The highest BCUT2D eigenvalue weighted by Gasteiger charge is 2.16. The highest BCUT2D eigenvalue weighted by Crippen LogP contribution is 2.24. The molecule has 7 nitrogen and oxygen atoms in total. The van der Waals surface area contributed by atoms with E-state index in [0.717, 1.165) is 43.0 Å². The number of nitrogens with one attached hydrogen (secondary N) is 2. The van der Waals surface area contributed by atoms with Gasteiger partial charge in [-0.15, -0.1) is 10.2 Å². The zero-order valence-corrected chi connectivity index (χ0v) is 14.2. The van der Waals surface area contributed by atoms with E-state index in [4.69, 9.17) is 0 Å². The van der Waals surface area contributed by atoms with Crippen LogP contribution in [0.15, 0.2) is 47.4 Å². The number of amides is 1. The molecule has 0 spiro atoms. The van der Waals surface area contributed by atoms with Crippen LogP contribution >= 0.6 is 0 Å². The molecule has 132 valence electrons. The second-order valence-corrected chi connectivity index (χ2v) is 6.38. The van der Waals surface area contributed by atoms with Crippen LogP contribution in [0.1, 0.15) is 35.4 Å². The van der Waals surface area contributed by atoms with Gasteiger partial charge in [0.1, 0.15) is 5.82 Å². The molecule has 0 fully saturated rings. The van der Waals surface area contributed by atoms with Crippen LogP contribution in [0, 0.1) is 0 Å². The molecule has 1 amide bonds. The van der Waals surface area contributed by atoms with Crippen molar-refractivity contribution < 1.29 is 4.79 Å². The Morgan fingerprint density at radius 2 is 1.88 bits per heavy atom. The zero-order valence-electron chi connectivity index (χ0n) is 14.2. The summed E-state index contributed by atoms with van der Waals surface area (Å²) in [4.78, 5) is 25.8. The summed E-state index contributed by atoms with van der Waals surface area (Å²) < 4.78 is 2.20. The number of rotatable bonds is 3. The summed E-state index contributed by atoms with van der Waals surface area (Å²) in [7, 11) is 0. The van der Waals surface area contributed by atoms with Gasteiger partial charge in [0.2, 0.25) is 5.56 Å². The van der Waals surface area contributed by atoms with Crippen molar-refractivity contribution in [3.8, 4) is 11.4 Å². The van der Waals surface area contributed by atoms with Crippen LogP contribution in [-0.4, -0.2) is 25.7 Å². The Labute approximate surface area is 150 Å². The molecule has 3 heterocycles. The third kappa shape index (κ3) is 3.28. The highest BCUT2D eigenvalue weighted by atomic mass is 16.1. The Morgan fingerprint density at radius 1 is 1.04 bits per heavy atom. The minimum atomic E-state index is -0.273. The number of fused-ring (bicyclic) bond motifs is 1. The molecule has 0 saturated carbocycles. The standard InChI is InChI=1S/C19H19N5O2/c25-17-10-7-14(12-20-17)19(26)21-15-8-5-13(6-9-15)18-23-22-16-4-2-1-3-11-24(16)18/h5-10,12H,1-4,11H2,(H,20,25)(H,21,26). The van der Waals surface area contributed by atoms with Crippen molar-refractivity contribution >= 4 is 11.6 Å². The minimum absolute atomic E-state index is 0.238. The lowest BCUT2D eigenvalue weighted by Gasteiger charge is -2.08. The van der Waals surface area contributed by atoms with Gasteiger partial charge in [-0.2, -0.15) is 0 Å². The van der Waals surface area contributed by atoms with Gasteiger partial charge in [-0.1, -0.05) is 6.42 Å². The van der Waals surface area contributed by atoms with Crippen LogP contribution in [0.5, 0.6) is 0 Å².